The molecule has 2 N–H and O–H groups in total. The molecule has 0 atom stereocenters. The molecule has 1 aromatic carbocycles. The molecule has 3 heterocycles. The van der Waals surface area contributed by atoms with Crippen LogP contribution in [0.2, 0.25) is 0 Å². The maximum absolute atomic E-state index is 13.2. The number of furan rings is 1. The van der Waals surface area contributed by atoms with E-state index in [1.165, 1.54) is 6.08 Å². The number of anilines is 1. The van der Waals surface area contributed by atoms with Crippen molar-refractivity contribution in [2.45, 2.75) is 12.7 Å². The first-order chi connectivity index (χ1) is 15.8. The molecule has 4 rings (SSSR count). The van der Waals surface area contributed by atoms with Crippen molar-refractivity contribution in [2.75, 3.05) is 11.9 Å². The van der Waals surface area contributed by atoms with Crippen molar-refractivity contribution >= 4 is 32.7 Å². The fourth-order valence-electron chi connectivity index (χ4n) is 3.51. The van der Waals surface area contributed by atoms with Crippen LogP contribution in [0.25, 0.3) is 22.5 Å². The van der Waals surface area contributed by atoms with Crippen LogP contribution in [-0.2, 0) is 22.8 Å². The maximum atomic E-state index is 13.2. The van der Waals surface area contributed by atoms with E-state index in [1.807, 2.05) is 6.92 Å². The van der Waals surface area contributed by atoms with E-state index >= 15 is 0 Å². The molecule has 0 aliphatic carbocycles. The van der Waals surface area contributed by atoms with Crippen LogP contribution in [0.1, 0.15) is 21.6 Å². The Kier molecular flexibility index (Phi) is 6.12. The summed E-state index contributed by atoms with van der Waals surface area (Å²) in [7, 11) is -1.69. The normalized spacial score (nSPS) is 11.6. The molecule has 0 unspecified atom stereocenters. The number of nitrogens with one attached hydrogen (secondary N) is 2. The minimum absolute atomic E-state index is 0.165. The number of rotatable bonds is 8. The van der Waals surface area contributed by atoms with Crippen LogP contribution in [-0.4, -0.2) is 35.6 Å². The molecule has 0 saturated heterocycles. The molecule has 10 heteroatoms. The second-order valence-electron chi connectivity index (χ2n) is 7.49. The molecule has 33 heavy (non-hydrogen) atoms. The van der Waals surface area contributed by atoms with Crippen molar-refractivity contribution in [2.24, 2.45) is 7.05 Å². The van der Waals surface area contributed by atoms with E-state index in [0.29, 0.717) is 45.0 Å². The zero-order valence-electron chi connectivity index (χ0n) is 18.2. The summed E-state index contributed by atoms with van der Waals surface area (Å²) in [6.07, 6.45) is 3.03. The Bertz CT molecular complexity index is 1420. The fourth-order valence-corrected chi connectivity index (χ4v) is 4.62. The fraction of sp³-hybridized carbons (Fsp3) is 0.174. The SMILES string of the molecule is C=CCNS(=O)(=O)Cc1ccc(NC(=O)c2cc(-c3ccco3)nc3c2c(C)nn3C)cc1. The van der Waals surface area contributed by atoms with E-state index in [2.05, 4.69) is 26.7 Å². The minimum atomic E-state index is -3.46. The molecule has 1 amide bonds. The van der Waals surface area contributed by atoms with Gasteiger partial charge in [0.25, 0.3) is 5.91 Å². The largest absolute Gasteiger partial charge is 0.463 e. The Labute approximate surface area is 191 Å². The molecule has 0 aliphatic rings. The quantitative estimate of drug-likeness (QED) is 0.385. The summed E-state index contributed by atoms with van der Waals surface area (Å²) in [5, 5.41) is 7.93. The van der Waals surface area contributed by atoms with Gasteiger partial charge in [-0.3, -0.25) is 9.48 Å². The summed E-state index contributed by atoms with van der Waals surface area (Å²) in [6, 6.07) is 11.9. The molecule has 0 aliphatic heterocycles. The number of aryl methyl sites for hydroxylation is 2. The van der Waals surface area contributed by atoms with Crippen molar-refractivity contribution in [3.05, 3.63) is 78.2 Å². The van der Waals surface area contributed by atoms with Gasteiger partial charge >= 0.3 is 0 Å². The number of aromatic nitrogens is 3. The maximum Gasteiger partial charge on any atom is 0.256 e. The smallest absolute Gasteiger partial charge is 0.256 e. The molecule has 9 nitrogen and oxygen atoms in total. The third-order valence-corrected chi connectivity index (χ3v) is 6.32. The van der Waals surface area contributed by atoms with Gasteiger partial charge in [0.15, 0.2) is 11.4 Å². The summed E-state index contributed by atoms with van der Waals surface area (Å²) in [5.41, 5.74) is 3.32. The summed E-state index contributed by atoms with van der Waals surface area (Å²) in [5.74, 6) is 0.0429. The molecule has 3 aromatic heterocycles. The summed E-state index contributed by atoms with van der Waals surface area (Å²) in [6.45, 7) is 5.49. The van der Waals surface area contributed by atoms with Gasteiger partial charge in [-0.05, 0) is 42.8 Å². The summed E-state index contributed by atoms with van der Waals surface area (Å²) in [4.78, 5) is 17.8. The number of carbonyl (C=O) groups is 1. The minimum Gasteiger partial charge on any atom is -0.463 e. The zero-order valence-corrected chi connectivity index (χ0v) is 19.0. The van der Waals surface area contributed by atoms with Gasteiger partial charge in [-0.25, -0.2) is 18.1 Å². The van der Waals surface area contributed by atoms with E-state index < -0.39 is 10.0 Å². The number of carbonyl (C=O) groups excluding carboxylic acids is 1. The Morgan fingerprint density at radius 1 is 1.24 bits per heavy atom. The van der Waals surface area contributed by atoms with Gasteiger partial charge < -0.3 is 9.73 Å². The first kappa shape index (κ1) is 22.4. The highest BCUT2D eigenvalue weighted by molar-refractivity contribution is 7.88. The molecule has 0 saturated carbocycles. The van der Waals surface area contributed by atoms with Crippen molar-refractivity contribution in [3.63, 3.8) is 0 Å². The number of pyridine rings is 1. The highest BCUT2D eigenvalue weighted by atomic mass is 32.2. The number of sulfonamides is 1. The Balaban J connectivity index is 1.61. The number of fused-ring (bicyclic) bond motifs is 1. The lowest BCUT2D eigenvalue weighted by Gasteiger charge is -2.10. The zero-order chi connectivity index (χ0) is 23.6. The van der Waals surface area contributed by atoms with Crippen LogP contribution < -0.4 is 10.0 Å². The molecule has 0 fully saturated rings. The number of amides is 1. The predicted molar refractivity (Wildman–Crippen MR) is 126 cm³/mol. The third kappa shape index (κ3) is 4.86. The van der Waals surface area contributed by atoms with Crippen LogP contribution in [0, 0.1) is 6.92 Å². The molecular weight excluding hydrogens is 442 g/mol. The van der Waals surface area contributed by atoms with Crippen LogP contribution in [0.4, 0.5) is 5.69 Å². The highest BCUT2D eigenvalue weighted by Gasteiger charge is 2.20. The van der Waals surface area contributed by atoms with Crippen molar-refractivity contribution in [3.8, 4) is 11.5 Å². The molecule has 0 spiro atoms. The first-order valence-corrected chi connectivity index (χ1v) is 11.8. The average molecular weight is 466 g/mol. The first-order valence-electron chi connectivity index (χ1n) is 10.1. The topological polar surface area (TPSA) is 119 Å². The molecule has 0 bridgehead atoms. The van der Waals surface area contributed by atoms with Crippen LogP contribution in [0.15, 0.2) is 65.8 Å². The van der Waals surface area contributed by atoms with Crippen molar-refractivity contribution < 1.29 is 17.6 Å². The standard InChI is InChI=1S/C23H23N5O4S/c1-4-11-24-33(30,31)14-16-7-9-17(10-8-16)25-23(29)18-13-19(20-6-5-12-32-20)26-22-21(18)15(2)27-28(22)3/h4-10,12-13,24H,1,11,14H2,2-3H3,(H,25,29). The van der Waals surface area contributed by atoms with Crippen molar-refractivity contribution in [1.82, 2.24) is 19.5 Å². The van der Waals surface area contributed by atoms with Gasteiger partial charge in [0.2, 0.25) is 10.0 Å². The van der Waals surface area contributed by atoms with Gasteiger partial charge in [0.1, 0.15) is 5.69 Å². The second kappa shape index (κ2) is 9.00. The van der Waals surface area contributed by atoms with Gasteiger partial charge in [-0.15, -0.1) is 6.58 Å². The van der Waals surface area contributed by atoms with E-state index in [0.717, 1.165) is 0 Å². The number of benzene rings is 1. The van der Waals surface area contributed by atoms with E-state index in [4.69, 9.17) is 4.42 Å². The lowest BCUT2D eigenvalue weighted by atomic mass is 10.1. The van der Waals surface area contributed by atoms with Crippen LogP contribution in [0.3, 0.4) is 0 Å². The monoisotopic (exact) mass is 465 g/mol. The third-order valence-electron chi connectivity index (χ3n) is 5.00. The van der Waals surface area contributed by atoms with E-state index in [1.54, 1.807) is 60.5 Å². The molecular formula is C23H23N5O4S. The molecule has 0 radical (unpaired) electrons. The lowest BCUT2D eigenvalue weighted by molar-refractivity contribution is 0.102. The number of hydrogen-bond donors (Lipinski definition) is 2. The van der Waals surface area contributed by atoms with Crippen LogP contribution >= 0.6 is 0 Å². The van der Waals surface area contributed by atoms with Gasteiger partial charge in [-0.2, -0.15) is 5.10 Å². The van der Waals surface area contributed by atoms with Crippen LogP contribution in [0.5, 0.6) is 0 Å². The molecule has 170 valence electrons. The van der Waals surface area contributed by atoms with Gasteiger partial charge in [0, 0.05) is 19.3 Å². The lowest BCUT2D eigenvalue weighted by Crippen LogP contribution is -2.25. The van der Waals surface area contributed by atoms with E-state index in [-0.39, 0.29) is 18.2 Å². The summed E-state index contributed by atoms with van der Waals surface area (Å²) >= 11 is 0. The Morgan fingerprint density at radius 2 is 2.00 bits per heavy atom. The summed E-state index contributed by atoms with van der Waals surface area (Å²) < 4.78 is 33.6. The average Bonchev–Trinajstić information content (AvgIpc) is 3.41. The Morgan fingerprint density at radius 3 is 2.67 bits per heavy atom. The predicted octanol–water partition coefficient (Wildman–Crippen LogP) is 3.39. The molecule has 4 aromatic rings. The van der Waals surface area contributed by atoms with E-state index in [9.17, 15) is 13.2 Å². The van der Waals surface area contributed by atoms with Gasteiger partial charge in [-0.1, -0.05) is 18.2 Å². The number of nitrogens with zero attached hydrogens (tertiary/aromatic N) is 3. The van der Waals surface area contributed by atoms with Gasteiger partial charge in [0.05, 0.1) is 28.7 Å². The second-order valence-corrected chi connectivity index (χ2v) is 9.29. The van der Waals surface area contributed by atoms with Crippen molar-refractivity contribution in [1.29, 1.82) is 0 Å². The Hall–Kier alpha value is -3.76. The number of hydrogen-bond acceptors (Lipinski definition) is 6. The highest BCUT2D eigenvalue weighted by Crippen LogP contribution is 2.28.